The van der Waals surface area contributed by atoms with Crippen molar-refractivity contribution in [2.45, 2.75) is 13.3 Å². The first kappa shape index (κ1) is 19.2. The Bertz CT molecular complexity index is 1060. The van der Waals surface area contributed by atoms with Crippen molar-refractivity contribution >= 4 is 44.5 Å². The summed E-state index contributed by atoms with van der Waals surface area (Å²) in [5, 5.41) is 15.5. The Morgan fingerprint density at radius 1 is 1.39 bits per heavy atom. The van der Waals surface area contributed by atoms with E-state index in [1.54, 1.807) is 19.1 Å². The average molecular weight is 399 g/mol. The summed E-state index contributed by atoms with van der Waals surface area (Å²) in [6, 6.07) is 9.94. The van der Waals surface area contributed by atoms with Gasteiger partial charge in [0.25, 0.3) is 0 Å². The number of anilines is 1. The molecule has 0 saturated carbocycles. The van der Waals surface area contributed by atoms with Crippen molar-refractivity contribution in [3.63, 3.8) is 0 Å². The van der Waals surface area contributed by atoms with Gasteiger partial charge in [-0.2, -0.15) is 5.10 Å². The fraction of sp³-hybridized carbons (Fsp3) is 0.167. The quantitative estimate of drug-likeness (QED) is 0.356. The molecule has 0 radical (unpaired) electrons. The molecule has 0 spiro atoms. The number of fused-ring (bicyclic) bond motifs is 1. The van der Waals surface area contributed by atoms with Crippen molar-refractivity contribution < 1.29 is 14.5 Å². The van der Waals surface area contributed by atoms with E-state index in [0.29, 0.717) is 17.3 Å². The molecule has 144 valence electrons. The first-order valence-corrected chi connectivity index (χ1v) is 9.16. The molecule has 0 aliphatic rings. The Morgan fingerprint density at radius 2 is 2.21 bits per heavy atom. The number of benzene rings is 2. The van der Waals surface area contributed by atoms with Crippen molar-refractivity contribution in [2.75, 3.05) is 12.3 Å². The maximum Gasteiger partial charge on any atom is 0.311 e. The molecule has 28 heavy (non-hydrogen) atoms. The smallest absolute Gasteiger partial charge is 0.311 e. The molecule has 0 atom stereocenters. The number of nitrogens with zero attached hydrogens (tertiary/aromatic N) is 3. The monoisotopic (exact) mass is 399 g/mol. The summed E-state index contributed by atoms with van der Waals surface area (Å²) >= 11 is 1.36. The molecule has 0 fully saturated rings. The number of carbonyl (C=O) groups excluding carboxylic acids is 1. The molecule has 0 aliphatic carbocycles. The highest BCUT2D eigenvalue weighted by Crippen LogP contribution is 2.27. The number of thiazole rings is 1. The Hall–Kier alpha value is -3.53. The number of hydrazone groups is 1. The van der Waals surface area contributed by atoms with Gasteiger partial charge in [-0.25, -0.2) is 10.4 Å². The number of ether oxygens (including phenoxy) is 1. The predicted molar refractivity (Wildman–Crippen MR) is 108 cm³/mol. The third-order valence-electron chi connectivity index (χ3n) is 3.72. The molecule has 1 heterocycles. The summed E-state index contributed by atoms with van der Waals surface area (Å²) in [4.78, 5) is 26.8. The van der Waals surface area contributed by atoms with Gasteiger partial charge in [0, 0.05) is 11.6 Å². The number of carbonyl (C=O) groups is 1. The second-order valence-electron chi connectivity index (χ2n) is 5.74. The lowest BCUT2D eigenvalue weighted by Crippen LogP contribution is -2.19. The summed E-state index contributed by atoms with van der Waals surface area (Å²) in [5.41, 5.74) is 10.0. The van der Waals surface area contributed by atoms with Crippen LogP contribution < -0.4 is 15.9 Å². The van der Waals surface area contributed by atoms with Gasteiger partial charge >= 0.3 is 5.69 Å². The maximum absolute atomic E-state index is 12.1. The van der Waals surface area contributed by atoms with Crippen LogP contribution in [0.4, 0.5) is 10.8 Å². The first-order chi connectivity index (χ1) is 13.5. The molecule has 3 N–H and O–H groups in total. The molecule has 1 amide bonds. The number of hydrogen-bond donors (Lipinski definition) is 2. The van der Waals surface area contributed by atoms with E-state index in [-0.39, 0.29) is 23.8 Å². The van der Waals surface area contributed by atoms with E-state index < -0.39 is 4.92 Å². The second-order valence-corrected chi connectivity index (χ2v) is 6.80. The lowest BCUT2D eigenvalue weighted by atomic mass is 10.1. The van der Waals surface area contributed by atoms with Gasteiger partial charge < -0.3 is 10.5 Å². The zero-order valence-electron chi connectivity index (χ0n) is 14.9. The Labute approximate surface area is 164 Å². The highest BCUT2D eigenvalue weighted by atomic mass is 32.1. The molecule has 9 nitrogen and oxygen atoms in total. The first-order valence-electron chi connectivity index (χ1n) is 8.34. The Kier molecular flexibility index (Phi) is 5.80. The van der Waals surface area contributed by atoms with Crippen LogP contribution in [0, 0.1) is 10.1 Å². The minimum Gasteiger partial charge on any atom is -0.487 e. The summed E-state index contributed by atoms with van der Waals surface area (Å²) < 4.78 is 6.14. The summed E-state index contributed by atoms with van der Waals surface area (Å²) in [7, 11) is 0. The molecule has 2 aromatic carbocycles. The van der Waals surface area contributed by atoms with Crippen molar-refractivity contribution in [1.82, 2.24) is 10.4 Å². The summed E-state index contributed by atoms with van der Waals surface area (Å²) in [6.07, 6.45) is 1.47. The third kappa shape index (κ3) is 4.60. The summed E-state index contributed by atoms with van der Waals surface area (Å²) in [6.45, 7) is 2.07. The Balaban J connectivity index is 1.63. The number of nitrogens with one attached hydrogen (secondary N) is 1. The molecule has 10 heteroatoms. The molecular weight excluding hydrogens is 382 g/mol. The minimum absolute atomic E-state index is 0.133. The van der Waals surface area contributed by atoms with Gasteiger partial charge in [-0.15, -0.1) is 0 Å². The van der Waals surface area contributed by atoms with E-state index in [0.717, 1.165) is 15.8 Å². The fourth-order valence-corrected chi connectivity index (χ4v) is 3.33. The normalized spacial score (nSPS) is 11.0. The van der Waals surface area contributed by atoms with Crippen molar-refractivity contribution in [2.24, 2.45) is 5.10 Å². The zero-order chi connectivity index (χ0) is 20.1. The van der Waals surface area contributed by atoms with Crippen LogP contribution >= 0.6 is 11.3 Å². The molecule has 0 bridgehead atoms. The number of aromatic nitrogens is 1. The zero-order valence-corrected chi connectivity index (χ0v) is 15.7. The van der Waals surface area contributed by atoms with Crippen LogP contribution in [0.1, 0.15) is 18.1 Å². The van der Waals surface area contributed by atoms with Gasteiger partial charge in [-0.1, -0.05) is 17.4 Å². The lowest BCUT2D eigenvalue weighted by Gasteiger charge is -2.04. The highest BCUT2D eigenvalue weighted by Gasteiger charge is 2.15. The van der Waals surface area contributed by atoms with Gasteiger partial charge in [-0.3, -0.25) is 14.9 Å². The number of rotatable bonds is 7. The largest absolute Gasteiger partial charge is 0.487 e. The third-order valence-corrected chi connectivity index (χ3v) is 4.56. The molecule has 1 aromatic heterocycles. The molecule has 0 saturated heterocycles. The number of hydrogen-bond acceptors (Lipinski definition) is 8. The number of amides is 1. The molecule has 3 aromatic rings. The van der Waals surface area contributed by atoms with Crippen LogP contribution in [0.25, 0.3) is 10.2 Å². The average Bonchev–Trinajstić information content (AvgIpc) is 3.02. The van der Waals surface area contributed by atoms with E-state index in [9.17, 15) is 14.9 Å². The SMILES string of the molecule is CCOc1ccc(/C=N\NC(=O)Cc2ccc3nc(N)sc3c2)cc1[N+](=O)[O-]. The van der Waals surface area contributed by atoms with Crippen LogP contribution in [0.5, 0.6) is 5.75 Å². The highest BCUT2D eigenvalue weighted by molar-refractivity contribution is 7.22. The van der Waals surface area contributed by atoms with Crippen molar-refractivity contribution in [3.8, 4) is 5.75 Å². The molecule has 0 aliphatic heterocycles. The van der Waals surface area contributed by atoms with E-state index in [1.807, 2.05) is 12.1 Å². The lowest BCUT2D eigenvalue weighted by molar-refractivity contribution is -0.385. The van der Waals surface area contributed by atoms with Crippen molar-refractivity contribution in [3.05, 3.63) is 57.6 Å². The molecule has 0 unspecified atom stereocenters. The van der Waals surface area contributed by atoms with E-state index in [1.165, 1.54) is 29.7 Å². The standard InChI is InChI=1S/C18H17N5O4S/c1-2-27-15-6-4-12(7-14(15)23(25)26)10-20-22-17(24)9-11-3-5-13-16(8-11)28-18(19)21-13/h3-8,10H,2,9H2,1H3,(H2,19,21)(H,22,24)/b20-10-. The molecular formula is C18H17N5O4S. The predicted octanol–water partition coefficient (Wildman–Crippen LogP) is 2.88. The van der Waals surface area contributed by atoms with E-state index in [4.69, 9.17) is 10.5 Å². The van der Waals surface area contributed by atoms with Gasteiger partial charge in [0.1, 0.15) is 0 Å². The van der Waals surface area contributed by atoms with Crippen LogP contribution in [0.15, 0.2) is 41.5 Å². The number of nitrogens with two attached hydrogens (primary N) is 1. The van der Waals surface area contributed by atoms with Gasteiger partial charge in [0.05, 0.1) is 34.4 Å². The van der Waals surface area contributed by atoms with Crippen LogP contribution in [0.2, 0.25) is 0 Å². The van der Waals surface area contributed by atoms with E-state index >= 15 is 0 Å². The topological polar surface area (TPSA) is 133 Å². The van der Waals surface area contributed by atoms with Gasteiger partial charge in [0.2, 0.25) is 5.91 Å². The summed E-state index contributed by atoms with van der Waals surface area (Å²) in [5.74, 6) is -0.124. The maximum atomic E-state index is 12.1. The fourth-order valence-electron chi connectivity index (χ4n) is 2.54. The van der Waals surface area contributed by atoms with E-state index in [2.05, 4.69) is 15.5 Å². The second kappa shape index (κ2) is 8.44. The Morgan fingerprint density at radius 3 is 2.96 bits per heavy atom. The van der Waals surface area contributed by atoms with Crippen LogP contribution in [0.3, 0.4) is 0 Å². The minimum atomic E-state index is -0.525. The number of nitro groups is 1. The van der Waals surface area contributed by atoms with Crippen LogP contribution in [-0.4, -0.2) is 28.6 Å². The van der Waals surface area contributed by atoms with Crippen LogP contribution in [-0.2, 0) is 11.2 Å². The molecule has 3 rings (SSSR count). The van der Waals surface area contributed by atoms with Gasteiger partial charge in [0.15, 0.2) is 10.9 Å². The van der Waals surface area contributed by atoms with Gasteiger partial charge in [-0.05, 0) is 36.8 Å². The van der Waals surface area contributed by atoms with Crippen molar-refractivity contribution in [1.29, 1.82) is 0 Å². The number of nitro benzene ring substituents is 1. The number of nitrogen functional groups attached to an aromatic ring is 1.